The van der Waals surface area contributed by atoms with E-state index in [4.69, 9.17) is 4.74 Å². The fourth-order valence-electron chi connectivity index (χ4n) is 3.11. The average molecular weight is 197 g/mol. The zero-order valence-corrected chi connectivity index (χ0v) is 9.75. The Labute approximate surface area is 87.6 Å². The largest absolute Gasteiger partial charge is 0.374 e. The van der Waals surface area contributed by atoms with Crippen LogP contribution in [0.1, 0.15) is 39.5 Å². The first-order chi connectivity index (χ1) is 6.63. The van der Waals surface area contributed by atoms with Crippen LogP contribution < -0.4 is 0 Å². The Morgan fingerprint density at radius 1 is 1.36 bits per heavy atom. The molecule has 82 valence electrons. The Hall–Kier alpha value is -0.0800. The molecule has 2 fully saturated rings. The van der Waals surface area contributed by atoms with E-state index in [0.717, 1.165) is 25.1 Å². The maximum Gasteiger partial charge on any atom is 0.0823 e. The Kier molecular flexibility index (Phi) is 2.85. The summed E-state index contributed by atoms with van der Waals surface area (Å²) < 4.78 is 6.04. The van der Waals surface area contributed by atoms with Gasteiger partial charge in [-0.3, -0.25) is 0 Å². The summed E-state index contributed by atoms with van der Waals surface area (Å²) in [6, 6.07) is 0.730. The molecule has 0 radical (unpaired) electrons. The summed E-state index contributed by atoms with van der Waals surface area (Å²) in [5, 5.41) is 0. The van der Waals surface area contributed by atoms with Gasteiger partial charge in [-0.05, 0) is 38.6 Å². The molecule has 0 aromatic rings. The van der Waals surface area contributed by atoms with Crippen LogP contribution in [0.2, 0.25) is 0 Å². The predicted octanol–water partition coefficient (Wildman–Crippen LogP) is 2.29. The van der Waals surface area contributed by atoms with E-state index in [1.54, 1.807) is 0 Å². The van der Waals surface area contributed by atoms with Gasteiger partial charge in [0, 0.05) is 19.2 Å². The van der Waals surface area contributed by atoms with Crippen molar-refractivity contribution in [3.63, 3.8) is 0 Å². The summed E-state index contributed by atoms with van der Waals surface area (Å²) in [5.41, 5.74) is 0.224. The quantitative estimate of drug-likeness (QED) is 0.639. The molecule has 2 atom stereocenters. The molecule has 2 heteroatoms. The first kappa shape index (κ1) is 10.4. The molecule has 0 aromatic heterocycles. The number of rotatable bonds is 1. The van der Waals surface area contributed by atoms with E-state index >= 15 is 0 Å². The summed E-state index contributed by atoms with van der Waals surface area (Å²) in [6.45, 7) is 6.78. The van der Waals surface area contributed by atoms with Crippen LogP contribution in [0.25, 0.3) is 0 Å². The fraction of sp³-hybridized carbons (Fsp3) is 1.00. The minimum Gasteiger partial charge on any atom is -0.374 e. The smallest absolute Gasteiger partial charge is 0.0823 e. The normalized spacial score (nSPS) is 39.9. The van der Waals surface area contributed by atoms with Crippen molar-refractivity contribution in [1.82, 2.24) is 4.90 Å². The highest BCUT2D eigenvalue weighted by molar-refractivity contribution is 4.98. The lowest BCUT2D eigenvalue weighted by molar-refractivity contribution is -0.0691. The van der Waals surface area contributed by atoms with Crippen LogP contribution in [-0.2, 0) is 4.74 Å². The number of nitrogens with zero attached hydrogens (tertiary/aromatic N) is 1. The number of likely N-dealkylation sites (N-methyl/N-ethyl adjacent to an activating group) is 1. The molecule has 2 aliphatic heterocycles. The van der Waals surface area contributed by atoms with Crippen LogP contribution >= 0.6 is 0 Å². The zero-order chi connectivity index (χ0) is 10.2. The number of ether oxygens (including phenoxy) is 1. The molecule has 14 heavy (non-hydrogen) atoms. The van der Waals surface area contributed by atoms with Gasteiger partial charge in [-0.2, -0.15) is 0 Å². The third-order valence-corrected chi connectivity index (χ3v) is 3.89. The van der Waals surface area contributed by atoms with Gasteiger partial charge in [-0.25, -0.2) is 0 Å². The predicted molar refractivity (Wildman–Crippen MR) is 58.4 cm³/mol. The molecule has 1 spiro atoms. The zero-order valence-electron chi connectivity index (χ0n) is 9.75. The topological polar surface area (TPSA) is 12.5 Å². The molecule has 2 saturated heterocycles. The third kappa shape index (κ3) is 1.82. The van der Waals surface area contributed by atoms with E-state index < -0.39 is 0 Å². The summed E-state index contributed by atoms with van der Waals surface area (Å²) in [7, 11) is 2.25. The van der Waals surface area contributed by atoms with Crippen LogP contribution in [0.5, 0.6) is 0 Å². The van der Waals surface area contributed by atoms with Crippen molar-refractivity contribution in [2.24, 2.45) is 5.92 Å². The van der Waals surface area contributed by atoms with Crippen molar-refractivity contribution in [2.45, 2.75) is 51.2 Å². The van der Waals surface area contributed by atoms with Crippen LogP contribution in [-0.4, -0.2) is 36.7 Å². The molecule has 2 unspecified atom stereocenters. The second kappa shape index (κ2) is 3.82. The minimum atomic E-state index is 0.224. The Bertz CT molecular complexity index is 196. The van der Waals surface area contributed by atoms with Gasteiger partial charge in [0.1, 0.15) is 0 Å². The molecule has 2 rings (SSSR count). The van der Waals surface area contributed by atoms with Gasteiger partial charge < -0.3 is 9.64 Å². The van der Waals surface area contributed by atoms with Crippen LogP contribution in [0.4, 0.5) is 0 Å². The van der Waals surface area contributed by atoms with Gasteiger partial charge >= 0.3 is 0 Å². The molecule has 2 nitrogen and oxygen atoms in total. The van der Waals surface area contributed by atoms with Crippen molar-refractivity contribution in [3.05, 3.63) is 0 Å². The molecule has 0 amide bonds. The lowest BCUT2D eigenvalue weighted by Crippen LogP contribution is -2.38. The van der Waals surface area contributed by atoms with Gasteiger partial charge in [0.15, 0.2) is 0 Å². The Morgan fingerprint density at radius 3 is 2.64 bits per heavy atom. The van der Waals surface area contributed by atoms with Crippen molar-refractivity contribution in [1.29, 1.82) is 0 Å². The molecule has 2 heterocycles. The van der Waals surface area contributed by atoms with E-state index in [0.29, 0.717) is 0 Å². The monoisotopic (exact) mass is 197 g/mol. The van der Waals surface area contributed by atoms with Gasteiger partial charge in [-0.1, -0.05) is 13.8 Å². The molecule has 0 N–H and O–H groups in total. The van der Waals surface area contributed by atoms with E-state index in [-0.39, 0.29) is 5.60 Å². The molecule has 0 saturated carbocycles. The van der Waals surface area contributed by atoms with Gasteiger partial charge in [-0.15, -0.1) is 0 Å². The molecular weight excluding hydrogens is 174 g/mol. The number of likely N-dealkylation sites (tertiary alicyclic amines) is 1. The van der Waals surface area contributed by atoms with E-state index in [1.165, 1.54) is 25.7 Å². The van der Waals surface area contributed by atoms with E-state index in [9.17, 15) is 0 Å². The van der Waals surface area contributed by atoms with Crippen molar-refractivity contribution in [2.75, 3.05) is 20.2 Å². The first-order valence-corrected chi connectivity index (χ1v) is 5.97. The molecular formula is C12H23NO. The minimum absolute atomic E-state index is 0.224. The highest BCUT2D eigenvalue weighted by atomic mass is 16.5. The van der Waals surface area contributed by atoms with Crippen LogP contribution in [0, 0.1) is 5.92 Å². The van der Waals surface area contributed by atoms with Crippen LogP contribution in [0.3, 0.4) is 0 Å². The molecule has 2 aliphatic rings. The van der Waals surface area contributed by atoms with Crippen molar-refractivity contribution in [3.8, 4) is 0 Å². The van der Waals surface area contributed by atoms with Crippen molar-refractivity contribution < 1.29 is 4.74 Å². The summed E-state index contributed by atoms with van der Waals surface area (Å²) in [5.74, 6) is 0.755. The fourth-order valence-corrected chi connectivity index (χ4v) is 3.11. The second-order valence-corrected chi connectivity index (χ2v) is 5.42. The maximum absolute atomic E-state index is 6.04. The second-order valence-electron chi connectivity index (χ2n) is 5.42. The van der Waals surface area contributed by atoms with Crippen LogP contribution in [0.15, 0.2) is 0 Å². The first-order valence-electron chi connectivity index (χ1n) is 5.97. The lowest BCUT2D eigenvalue weighted by atomic mass is 9.88. The highest BCUT2D eigenvalue weighted by Crippen LogP contribution is 2.38. The van der Waals surface area contributed by atoms with E-state index in [2.05, 4.69) is 25.8 Å². The average Bonchev–Trinajstić information content (AvgIpc) is 2.44. The van der Waals surface area contributed by atoms with Crippen molar-refractivity contribution >= 4 is 0 Å². The molecule has 0 bridgehead atoms. The Balaban J connectivity index is 2.03. The molecule has 0 aromatic carbocycles. The standard InChI is InChI=1S/C12H23NO/c1-10(2)11-8-12(9-13(11)3)6-4-5-7-14-12/h10-11H,4-9H2,1-3H3. The third-order valence-electron chi connectivity index (χ3n) is 3.89. The van der Waals surface area contributed by atoms with E-state index in [1.807, 2.05) is 0 Å². The highest BCUT2D eigenvalue weighted by Gasteiger charge is 2.44. The summed E-state index contributed by atoms with van der Waals surface area (Å²) >= 11 is 0. The summed E-state index contributed by atoms with van der Waals surface area (Å²) in [6.07, 6.45) is 5.15. The maximum atomic E-state index is 6.04. The number of hydrogen-bond acceptors (Lipinski definition) is 2. The van der Waals surface area contributed by atoms with Gasteiger partial charge in [0.05, 0.1) is 5.60 Å². The van der Waals surface area contributed by atoms with Gasteiger partial charge in [0.25, 0.3) is 0 Å². The SMILES string of the molecule is CC(C)C1CC2(CCCCO2)CN1C. The molecule has 0 aliphatic carbocycles. The van der Waals surface area contributed by atoms with Gasteiger partial charge in [0.2, 0.25) is 0 Å². The lowest BCUT2D eigenvalue weighted by Gasteiger charge is -2.33. The Morgan fingerprint density at radius 2 is 2.14 bits per heavy atom. The number of hydrogen-bond donors (Lipinski definition) is 0. The summed E-state index contributed by atoms with van der Waals surface area (Å²) in [4.78, 5) is 2.50.